The van der Waals surface area contributed by atoms with Crippen molar-refractivity contribution in [2.24, 2.45) is 0 Å². The highest BCUT2D eigenvalue weighted by molar-refractivity contribution is 6.30. The van der Waals surface area contributed by atoms with Gasteiger partial charge < -0.3 is 19.9 Å². The number of amides is 2. The van der Waals surface area contributed by atoms with Gasteiger partial charge in [-0.15, -0.1) is 0 Å². The number of urea groups is 1. The van der Waals surface area contributed by atoms with Gasteiger partial charge in [0.2, 0.25) is 0 Å². The molecular formula is C22H25ClN4O3. The molecule has 0 fully saturated rings. The average molecular weight is 429 g/mol. The summed E-state index contributed by atoms with van der Waals surface area (Å²) < 4.78 is 7.58. The third-order valence-electron chi connectivity index (χ3n) is 5.68. The Morgan fingerprint density at radius 2 is 2.00 bits per heavy atom. The van der Waals surface area contributed by atoms with Crippen LogP contribution in [0.25, 0.3) is 0 Å². The Morgan fingerprint density at radius 1 is 1.23 bits per heavy atom. The standard InChI is InChI=1S/C22H25ClN4O3/c1-3-30-21(28)19-17(13-27-12-11-26-10-4-5-18(26)14(27)2)24-22(29)25-20(19)15-6-8-16(23)9-7-15/h4-10,14,20H,3,11-13H2,1-2H3,(H2,24,25,29)/t14-,20+/m0/s1. The van der Waals surface area contributed by atoms with Crippen molar-refractivity contribution in [3.63, 3.8) is 0 Å². The molecule has 2 amide bonds. The first-order chi connectivity index (χ1) is 14.5. The molecule has 2 atom stereocenters. The molecule has 0 spiro atoms. The summed E-state index contributed by atoms with van der Waals surface area (Å²) in [6.07, 6.45) is 2.08. The predicted molar refractivity (Wildman–Crippen MR) is 114 cm³/mol. The molecule has 0 bridgehead atoms. The van der Waals surface area contributed by atoms with Crippen LogP contribution >= 0.6 is 11.6 Å². The molecule has 2 aliphatic heterocycles. The summed E-state index contributed by atoms with van der Waals surface area (Å²) in [5.41, 5.74) is 2.99. The lowest BCUT2D eigenvalue weighted by Crippen LogP contribution is -2.49. The largest absolute Gasteiger partial charge is 0.463 e. The zero-order valence-electron chi connectivity index (χ0n) is 17.0. The number of nitrogens with one attached hydrogen (secondary N) is 2. The van der Waals surface area contributed by atoms with Gasteiger partial charge in [-0.1, -0.05) is 23.7 Å². The lowest BCUT2D eigenvalue weighted by Gasteiger charge is -2.37. The van der Waals surface area contributed by atoms with Crippen molar-refractivity contribution < 1.29 is 14.3 Å². The monoisotopic (exact) mass is 428 g/mol. The molecule has 7 nitrogen and oxygen atoms in total. The van der Waals surface area contributed by atoms with Gasteiger partial charge in [0.25, 0.3) is 0 Å². The lowest BCUT2D eigenvalue weighted by atomic mass is 9.94. The predicted octanol–water partition coefficient (Wildman–Crippen LogP) is 3.39. The molecule has 0 aliphatic carbocycles. The fourth-order valence-corrected chi connectivity index (χ4v) is 4.27. The maximum absolute atomic E-state index is 12.9. The highest BCUT2D eigenvalue weighted by Crippen LogP contribution is 2.31. The van der Waals surface area contributed by atoms with Crippen molar-refractivity contribution in [2.75, 3.05) is 19.7 Å². The minimum absolute atomic E-state index is 0.158. The van der Waals surface area contributed by atoms with Gasteiger partial charge in [-0.3, -0.25) is 4.90 Å². The number of fused-ring (bicyclic) bond motifs is 1. The molecule has 0 saturated carbocycles. The molecule has 0 saturated heterocycles. The van der Waals surface area contributed by atoms with E-state index in [1.54, 1.807) is 19.1 Å². The van der Waals surface area contributed by atoms with E-state index in [2.05, 4.69) is 39.3 Å². The Morgan fingerprint density at radius 3 is 2.73 bits per heavy atom. The number of benzene rings is 1. The van der Waals surface area contributed by atoms with Crippen molar-refractivity contribution in [3.8, 4) is 0 Å². The lowest BCUT2D eigenvalue weighted by molar-refractivity contribution is -0.139. The Hall–Kier alpha value is -2.77. The minimum Gasteiger partial charge on any atom is -0.463 e. The molecule has 1 aromatic carbocycles. The van der Waals surface area contributed by atoms with Crippen molar-refractivity contribution in [1.29, 1.82) is 0 Å². The van der Waals surface area contributed by atoms with E-state index < -0.39 is 12.0 Å². The Kier molecular flexibility index (Phi) is 5.83. The summed E-state index contributed by atoms with van der Waals surface area (Å²) >= 11 is 6.02. The molecule has 158 valence electrons. The molecule has 2 N–H and O–H groups in total. The van der Waals surface area contributed by atoms with E-state index in [1.807, 2.05) is 18.2 Å². The van der Waals surface area contributed by atoms with E-state index in [0.29, 0.717) is 22.8 Å². The second-order valence-electron chi connectivity index (χ2n) is 7.47. The number of aromatic nitrogens is 1. The number of esters is 1. The van der Waals surface area contributed by atoms with Gasteiger partial charge in [0.1, 0.15) is 0 Å². The summed E-state index contributed by atoms with van der Waals surface area (Å²) in [5.74, 6) is -0.437. The summed E-state index contributed by atoms with van der Waals surface area (Å²) in [6.45, 7) is 6.28. The van der Waals surface area contributed by atoms with Gasteiger partial charge in [0.05, 0.1) is 18.2 Å². The maximum atomic E-state index is 12.9. The van der Waals surface area contributed by atoms with Gasteiger partial charge in [0.15, 0.2) is 0 Å². The normalized spacial score (nSPS) is 21.6. The van der Waals surface area contributed by atoms with Crippen LogP contribution in [0.15, 0.2) is 53.9 Å². The Balaban J connectivity index is 1.70. The van der Waals surface area contributed by atoms with E-state index in [0.717, 1.165) is 18.7 Å². The number of carbonyl (C=O) groups excluding carboxylic acids is 2. The fourth-order valence-electron chi connectivity index (χ4n) is 4.14. The zero-order chi connectivity index (χ0) is 21.3. The SMILES string of the molecule is CCOC(=O)C1=C(CN2CCn3cccc3[C@@H]2C)NC(=O)N[C@@H]1c1ccc(Cl)cc1. The molecule has 4 rings (SSSR count). The average Bonchev–Trinajstić information content (AvgIpc) is 3.20. The molecule has 8 heteroatoms. The van der Waals surface area contributed by atoms with Crippen molar-refractivity contribution >= 4 is 23.6 Å². The third kappa shape index (κ3) is 3.95. The first-order valence-corrected chi connectivity index (χ1v) is 10.5. The quantitative estimate of drug-likeness (QED) is 0.716. The molecule has 2 aliphatic rings. The molecule has 3 heterocycles. The van der Waals surface area contributed by atoms with Crippen LogP contribution in [0.3, 0.4) is 0 Å². The molecule has 0 unspecified atom stereocenters. The van der Waals surface area contributed by atoms with Crippen LogP contribution < -0.4 is 10.6 Å². The van der Waals surface area contributed by atoms with Crippen molar-refractivity contribution in [2.45, 2.75) is 32.5 Å². The number of rotatable bonds is 5. The maximum Gasteiger partial charge on any atom is 0.338 e. The molecular weight excluding hydrogens is 404 g/mol. The number of hydrogen-bond acceptors (Lipinski definition) is 4. The van der Waals surface area contributed by atoms with Crippen molar-refractivity contribution in [3.05, 3.63) is 70.1 Å². The van der Waals surface area contributed by atoms with Crippen LogP contribution in [-0.4, -0.2) is 41.2 Å². The Bertz CT molecular complexity index is 983. The molecule has 0 radical (unpaired) electrons. The minimum atomic E-state index is -0.603. The van der Waals surface area contributed by atoms with E-state index in [4.69, 9.17) is 16.3 Å². The third-order valence-corrected chi connectivity index (χ3v) is 5.93. The van der Waals surface area contributed by atoms with Gasteiger partial charge in [-0.25, -0.2) is 9.59 Å². The Labute approximate surface area is 180 Å². The molecule has 2 aromatic rings. The van der Waals surface area contributed by atoms with Gasteiger partial charge in [-0.05, 0) is 43.7 Å². The highest BCUT2D eigenvalue weighted by Gasteiger charge is 2.35. The highest BCUT2D eigenvalue weighted by atomic mass is 35.5. The van der Waals surface area contributed by atoms with Crippen LogP contribution in [0.4, 0.5) is 4.79 Å². The fraction of sp³-hybridized carbons (Fsp3) is 0.364. The second kappa shape index (κ2) is 8.53. The van der Waals surface area contributed by atoms with Gasteiger partial charge in [-0.2, -0.15) is 0 Å². The van der Waals surface area contributed by atoms with Crippen LogP contribution in [0, 0.1) is 0 Å². The zero-order valence-corrected chi connectivity index (χ0v) is 17.8. The van der Waals surface area contributed by atoms with Crippen LogP contribution in [0.2, 0.25) is 5.02 Å². The first kappa shape index (κ1) is 20.5. The summed E-state index contributed by atoms with van der Waals surface area (Å²) in [4.78, 5) is 27.7. The number of hydrogen-bond donors (Lipinski definition) is 2. The van der Waals surface area contributed by atoms with Gasteiger partial charge in [0, 0.05) is 48.3 Å². The summed E-state index contributed by atoms with van der Waals surface area (Å²) in [7, 11) is 0. The van der Waals surface area contributed by atoms with Crippen LogP contribution in [-0.2, 0) is 16.1 Å². The number of carbonyl (C=O) groups is 2. The topological polar surface area (TPSA) is 75.6 Å². The van der Waals surface area contributed by atoms with E-state index in [-0.39, 0.29) is 18.7 Å². The summed E-state index contributed by atoms with van der Waals surface area (Å²) in [5, 5.41) is 6.30. The first-order valence-electron chi connectivity index (χ1n) is 10.1. The van der Waals surface area contributed by atoms with Gasteiger partial charge >= 0.3 is 12.0 Å². The number of ether oxygens (including phenoxy) is 1. The van der Waals surface area contributed by atoms with Crippen molar-refractivity contribution in [1.82, 2.24) is 20.1 Å². The number of halogens is 1. The smallest absolute Gasteiger partial charge is 0.338 e. The number of nitrogens with zero attached hydrogens (tertiary/aromatic N) is 2. The van der Waals surface area contributed by atoms with E-state index >= 15 is 0 Å². The molecule has 30 heavy (non-hydrogen) atoms. The molecule has 1 aromatic heterocycles. The van der Waals surface area contributed by atoms with Crippen LogP contribution in [0.1, 0.15) is 37.2 Å². The van der Waals surface area contributed by atoms with Crippen LogP contribution in [0.5, 0.6) is 0 Å². The summed E-state index contributed by atoms with van der Waals surface area (Å²) in [6, 6.07) is 10.5. The van der Waals surface area contributed by atoms with E-state index in [1.165, 1.54) is 5.69 Å². The second-order valence-corrected chi connectivity index (χ2v) is 7.91. The van der Waals surface area contributed by atoms with E-state index in [9.17, 15) is 9.59 Å².